The first-order valence-electron chi connectivity index (χ1n) is 5.00. The van der Waals surface area contributed by atoms with E-state index in [1.165, 1.54) is 0 Å². The summed E-state index contributed by atoms with van der Waals surface area (Å²) in [7, 11) is 3.14. The molecule has 1 unspecified atom stereocenters. The van der Waals surface area contributed by atoms with E-state index >= 15 is 0 Å². The van der Waals surface area contributed by atoms with Gasteiger partial charge in [0.1, 0.15) is 11.5 Å². The SMILES string of the molecule is CCOC(C#N)c1cc(OC)ccc1OC. The van der Waals surface area contributed by atoms with Crippen molar-refractivity contribution >= 4 is 0 Å². The fourth-order valence-electron chi connectivity index (χ4n) is 1.41. The molecule has 0 fully saturated rings. The molecule has 0 amide bonds. The van der Waals surface area contributed by atoms with Crippen LogP contribution in [0.4, 0.5) is 0 Å². The van der Waals surface area contributed by atoms with E-state index < -0.39 is 6.10 Å². The van der Waals surface area contributed by atoms with E-state index in [2.05, 4.69) is 6.07 Å². The second-order valence-corrected chi connectivity index (χ2v) is 3.07. The molecule has 16 heavy (non-hydrogen) atoms. The molecule has 0 radical (unpaired) electrons. The Hall–Kier alpha value is -1.73. The van der Waals surface area contributed by atoms with Crippen molar-refractivity contribution in [3.05, 3.63) is 23.8 Å². The van der Waals surface area contributed by atoms with Crippen molar-refractivity contribution in [2.45, 2.75) is 13.0 Å². The maximum absolute atomic E-state index is 9.02. The molecule has 4 nitrogen and oxygen atoms in total. The minimum atomic E-state index is -0.630. The largest absolute Gasteiger partial charge is 0.497 e. The van der Waals surface area contributed by atoms with Crippen LogP contribution in [0.2, 0.25) is 0 Å². The van der Waals surface area contributed by atoms with Crippen LogP contribution in [-0.2, 0) is 4.74 Å². The Morgan fingerprint density at radius 1 is 1.31 bits per heavy atom. The van der Waals surface area contributed by atoms with Gasteiger partial charge in [0.05, 0.1) is 20.3 Å². The normalized spacial score (nSPS) is 11.6. The van der Waals surface area contributed by atoms with Crippen molar-refractivity contribution in [1.29, 1.82) is 5.26 Å². The maximum atomic E-state index is 9.02. The molecule has 1 rings (SSSR count). The molecule has 4 heteroatoms. The minimum absolute atomic E-state index is 0.471. The van der Waals surface area contributed by atoms with Crippen molar-refractivity contribution in [2.24, 2.45) is 0 Å². The van der Waals surface area contributed by atoms with E-state index in [0.717, 1.165) is 0 Å². The predicted molar refractivity (Wildman–Crippen MR) is 59.5 cm³/mol. The summed E-state index contributed by atoms with van der Waals surface area (Å²) < 4.78 is 15.6. The summed E-state index contributed by atoms with van der Waals surface area (Å²) in [6, 6.07) is 7.38. The van der Waals surface area contributed by atoms with Gasteiger partial charge in [0, 0.05) is 12.2 Å². The highest BCUT2D eigenvalue weighted by Crippen LogP contribution is 2.30. The topological polar surface area (TPSA) is 51.5 Å². The zero-order valence-electron chi connectivity index (χ0n) is 9.69. The fourth-order valence-corrected chi connectivity index (χ4v) is 1.41. The van der Waals surface area contributed by atoms with Crippen LogP contribution in [-0.4, -0.2) is 20.8 Å². The Bertz CT molecular complexity index is 384. The molecule has 0 aliphatic carbocycles. The Morgan fingerprint density at radius 3 is 2.56 bits per heavy atom. The van der Waals surface area contributed by atoms with Crippen molar-refractivity contribution in [3.63, 3.8) is 0 Å². The van der Waals surface area contributed by atoms with Gasteiger partial charge in [-0.05, 0) is 25.1 Å². The van der Waals surface area contributed by atoms with E-state index in [0.29, 0.717) is 23.7 Å². The van der Waals surface area contributed by atoms with Crippen LogP contribution in [0.25, 0.3) is 0 Å². The number of nitriles is 1. The lowest BCUT2D eigenvalue weighted by Gasteiger charge is -2.14. The first-order chi connectivity index (χ1) is 7.76. The molecule has 1 aromatic carbocycles. The third kappa shape index (κ3) is 2.65. The van der Waals surface area contributed by atoms with Crippen LogP contribution in [0.1, 0.15) is 18.6 Å². The molecule has 0 aliphatic heterocycles. The Labute approximate surface area is 95.4 Å². The molecule has 0 bridgehead atoms. The number of nitrogens with zero attached hydrogens (tertiary/aromatic N) is 1. The Morgan fingerprint density at radius 2 is 2.06 bits per heavy atom. The smallest absolute Gasteiger partial charge is 0.172 e. The Kier molecular flexibility index (Phi) is 4.62. The quantitative estimate of drug-likeness (QED) is 0.765. The van der Waals surface area contributed by atoms with Gasteiger partial charge in [-0.2, -0.15) is 5.26 Å². The molecule has 0 aromatic heterocycles. The number of hydrogen-bond donors (Lipinski definition) is 0. The van der Waals surface area contributed by atoms with Crippen LogP contribution >= 0.6 is 0 Å². The van der Waals surface area contributed by atoms with E-state index in [1.54, 1.807) is 32.4 Å². The number of methoxy groups -OCH3 is 2. The van der Waals surface area contributed by atoms with Crippen molar-refractivity contribution in [1.82, 2.24) is 0 Å². The van der Waals surface area contributed by atoms with Crippen molar-refractivity contribution in [3.8, 4) is 17.6 Å². The van der Waals surface area contributed by atoms with E-state index in [1.807, 2.05) is 6.92 Å². The van der Waals surface area contributed by atoms with E-state index in [9.17, 15) is 0 Å². The van der Waals surface area contributed by atoms with Crippen LogP contribution in [0, 0.1) is 11.3 Å². The lowest BCUT2D eigenvalue weighted by Crippen LogP contribution is -2.04. The van der Waals surface area contributed by atoms with Gasteiger partial charge in [0.2, 0.25) is 0 Å². The Balaban J connectivity index is 3.11. The first-order valence-corrected chi connectivity index (χ1v) is 5.00. The highest BCUT2D eigenvalue weighted by molar-refractivity contribution is 5.43. The van der Waals surface area contributed by atoms with Crippen LogP contribution in [0.5, 0.6) is 11.5 Å². The van der Waals surface area contributed by atoms with Gasteiger partial charge in [-0.15, -0.1) is 0 Å². The van der Waals surface area contributed by atoms with E-state index in [4.69, 9.17) is 19.5 Å². The summed E-state index contributed by atoms with van der Waals surface area (Å²) in [5.41, 5.74) is 0.686. The summed E-state index contributed by atoms with van der Waals surface area (Å²) in [4.78, 5) is 0. The van der Waals surface area contributed by atoms with Gasteiger partial charge in [-0.1, -0.05) is 0 Å². The fraction of sp³-hybridized carbons (Fsp3) is 0.417. The number of rotatable bonds is 5. The zero-order chi connectivity index (χ0) is 12.0. The van der Waals surface area contributed by atoms with E-state index in [-0.39, 0.29) is 0 Å². The van der Waals surface area contributed by atoms with Crippen molar-refractivity contribution in [2.75, 3.05) is 20.8 Å². The van der Waals surface area contributed by atoms with Crippen LogP contribution in [0.3, 0.4) is 0 Å². The number of benzene rings is 1. The molecular weight excluding hydrogens is 206 g/mol. The molecule has 0 N–H and O–H groups in total. The first kappa shape index (κ1) is 12.3. The summed E-state index contributed by atoms with van der Waals surface area (Å²) in [6.45, 7) is 2.32. The molecular formula is C12H15NO3. The highest BCUT2D eigenvalue weighted by Gasteiger charge is 2.16. The second-order valence-electron chi connectivity index (χ2n) is 3.07. The van der Waals surface area contributed by atoms with Gasteiger partial charge in [-0.25, -0.2) is 0 Å². The maximum Gasteiger partial charge on any atom is 0.172 e. The van der Waals surface area contributed by atoms with Gasteiger partial charge < -0.3 is 14.2 Å². The highest BCUT2D eigenvalue weighted by atomic mass is 16.5. The molecule has 1 atom stereocenters. The summed E-state index contributed by atoms with van der Waals surface area (Å²) in [5.74, 6) is 1.30. The summed E-state index contributed by atoms with van der Waals surface area (Å²) >= 11 is 0. The molecule has 0 saturated carbocycles. The molecule has 1 aromatic rings. The molecule has 0 spiro atoms. The molecule has 0 heterocycles. The lowest BCUT2D eigenvalue weighted by molar-refractivity contribution is 0.0998. The molecule has 0 saturated heterocycles. The predicted octanol–water partition coefficient (Wildman–Crippen LogP) is 2.30. The monoisotopic (exact) mass is 221 g/mol. The van der Waals surface area contributed by atoms with Gasteiger partial charge >= 0.3 is 0 Å². The summed E-state index contributed by atoms with van der Waals surface area (Å²) in [6.07, 6.45) is -0.630. The van der Waals surface area contributed by atoms with Gasteiger partial charge in [0.15, 0.2) is 6.10 Å². The molecule has 0 aliphatic rings. The van der Waals surface area contributed by atoms with Gasteiger partial charge in [-0.3, -0.25) is 0 Å². The van der Waals surface area contributed by atoms with Crippen LogP contribution < -0.4 is 9.47 Å². The average molecular weight is 221 g/mol. The third-order valence-corrected chi connectivity index (χ3v) is 2.17. The van der Waals surface area contributed by atoms with Crippen LogP contribution in [0.15, 0.2) is 18.2 Å². The van der Waals surface area contributed by atoms with Crippen molar-refractivity contribution < 1.29 is 14.2 Å². The third-order valence-electron chi connectivity index (χ3n) is 2.17. The number of hydrogen-bond acceptors (Lipinski definition) is 4. The summed E-state index contributed by atoms with van der Waals surface area (Å²) in [5, 5.41) is 9.02. The number of ether oxygens (including phenoxy) is 3. The standard InChI is InChI=1S/C12H15NO3/c1-4-16-12(8-13)10-7-9(14-2)5-6-11(10)15-3/h5-7,12H,4H2,1-3H3. The van der Waals surface area contributed by atoms with Gasteiger partial charge in [0.25, 0.3) is 0 Å². The zero-order valence-corrected chi connectivity index (χ0v) is 9.69. The minimum Gasteiger partial charge on any atom is -0.497 e. The molecule has 86 valence electrons. The second kappa shape index (κ2) is 5.99. The lowest BCUT2D eigenvalue weighted by atomic mass is 10.1. The average Bonchev–Trinajstić information content (AvgIpc) is 2.35.